The van der Waals surface area contributed by atoms with Gasteiger partial charge in [-0.05, 0) is 32.1 Å². The Bertz CT molecular complexity index is 509. The molecule has 7 nitrogen and oxygen atoms in total. The first-order valence-electron chi connectivity index (χ1n) is 13.6. The summed E-state index contributed by atoms with van der Waals surface area (Å²) in [6.07, 6.45) is 22.7. The summed E-state index contributed by atoms with van der Waals surface area (Å²) in [5.41, 5.74) is 5.06. The van der Waals surface area contributed by atoms with E-state index in [9.17, 15) is 9.59 Å². The van der Waals surface area contributed by atoms with E-state index < -0.39 is 11.9 Å². The molecule has 1 amide bonds. The molecule has 0 aliphatic carbocycles. The van der Waals surface area contributed by atoms with Gasteiger partial charge >= 0.3 is 5.97 Å². The Morgan fingerprint density at radius 1 is 0.971 bits per heavy atom. The first-order chi connectivity index (χ1) is 16.6. The van der Waals surface area contributed by atoms with Crippen LogP contribution in [-0.2, 0) is 14.3 Å². The van der Waals surface area contributed by atoms with E-state index in [0.29, 0.717) is 26.3 Å². The van der Waals surface area contributed by atoms with Gasteiger partial charge in [0.15, 0.2) is 0 Å². The molecular formula is C27H52N2O5. The molecule has 1 aliphatic rings. The number of carbonyl (C=O) groups excluding carboxylic acids is 1. The van der Waals surface area contributed by atoms with Crippen LogP contribution in [0.1, 0.15) is 103 Å². The largest absolute Gasteiger partial charge is 0.481 e. The van der Waals surface area contributed by atoms with Crippen LogP contribution < -0.4 is 5.73 Å². The third-order valence-corrected chi connectivity index (χ3v) is 6.00. The molecule has 1 unspecified atom stereocenters. The van der Waals surface area contributed by atoms with Crippen molar-refractivity contribution in [1.29, 1.82) is 0 Å². The van der Waals surface area contributed by atoms with Gasteiger partial charge in [0, 0.05) is 26.1 Å². The highest BCUT2D eigenvalue weighted by Gasteiger charge is 2.33. The van der Waals surface area contributed by atoms with E-state index >= 15 is 0 Å². The van der Waals surface area contributed by atoms with E-state index in [1.165, 1.54) is 77.0 Å². The number of hydrogen-bond acceptors (Lipinski definition) is 5. The van der Waals surface area contributed by atoms with E-state index in [1.807, 2.05) is 0 Å². The van der Waals surface area contributed by atoms with Crippen LogP contribution in [0.25, 0.3) is 0 Å². The normalized spacial score (nSPS) is 15.7. The second-order valence-electron chi connectivity index (χ2n) is 9.14. The van der Waals surface area contributed by atoms with Crippen molar-refractivity contribution in [2.45, 2.75) is 103 Å². The monoisotopic (exact) mass is 484 g/mol. The van der Waals surface area contributed by atoms with Gasteiger partial charge < -0.3 is 25.6 Å². The summed E-state index contributed by atoms with van der Waals surface area (Å²) >= 11 is 0. The van der Waals surface area contributed by atoms with Gasteiger partial charge in [-0.25, -0.2) is 0 Å². The first-order valence-corrected chi connectivity index (χ1v) is 13.6. The zero-order valence-corrected chi connectivity index (χ0v) is 21.7. The number of hydrogen-bond donors (Lipinski definition) is 3. The highest BCUT2D eigenvalue weighted by atomic mass is 16.5. The predicted molar refractivity (Wildman–Crippen MR) is 139 cm³/mol. The van der Waals surface area contributed by atoms with Crippen molar-refractivity contribution in [3.8, 4) is 0 Å². The van der Waals surface area contributed by atoms with Crippen LogP contribution in [0, 0.1) is 5.92 Å². The Morgan fingerprint density at radius 3 is 2.03 bits per heavy atom. The molecule has 0 radical (unpaired) electrons. The molecule has 0 aromatic rings. The standard InChI is InChI=1S/C23H41NO3.C4H11NO2/c1-2-3-4-5-6-7-8-9-10-11-12-13-14-15-16-17-18-24-20-21(23(26)27)19-22(24)25;5-1-3-7-4-2-6/h9-10,21H,2-8,11-20H2,1H3,(H,26,27);6H,1-5H2. The van der Waals surface area contributed by atoms with Crippen molar-refractivity contribution >= 4 is 11.9 Å². The third kappa shape index (κ3) is 20.0. The third-order valence-electron chi connectivity index (χ3n) is 6.00. The van der Waals surface area contributed by atoms with Crippen molar-refractivity contribution in [3.05, 3.63) is 12.2 Å². The minimum Gasteiger partial charge on any atom is -0.481 e. The summed E-state index contributed by atoms with van der Waals surface area (Å²) in [4.78, 5) is 24.4. The Morgan fingerprint density at radius 2 is 1.53 bits per heavy atom. The van der Waals surface area contributed by atoms with Gasteiger partial charge in [0.1, 0.15) is 0 Å². The van der Waals surface area contributed by atoms with Crippen LogP contribution >= 0.6 is 0 Å². The summed E-state index contributed by atoms with van der Waals surface area (Å²) in [6, 6.07) is 0. The van der Waals surface area contributed by atoms with Gasteiger partial charge in [-0.3, -0.25) is 9.59 Å². The fourth-order valence-corrected chi connectivity index (χ4v) is 3.95. The van der Waals surface area contributed by atoms with E-state index in [4.69, 9.17) is 20.7 Å². The number of carboxylic acid groups (broad SMARTS) is 1. The highest BCUT2D eigenvalue weighted by molar-refractivity contribution is 5.86. The second-order valence-corrected chi connectivity index (χ2v) is 9.14. The van der Waals surface area contributed by atoms with E-state index in [0.717, 1.165) is 19.4 Å². The summed E-state index contributed by atoms with van der Waals surface area (Å²) < 4.78 is 4.76. The first kappa shape index (κ1) is 32.6. The fraction of sp³-hybridized carbons (Fsp3) is 0.852. The van der Waals surface area contributed by atoms with Crippen LogP contribution in [0.15, 0.2) is 12.2 Å². The number of ether oxygens (including phenoxy) is 1. The quantitative estimate of drug-likeness (QED) is 0.158. The van der Waals surface area contributed by atoms with Crippen molar-refractivity contribution in [2.24, 2.45) is 11.7 Å². The lowest BCUT2D eigenvalue weighted by Crippen LogP contribution is -2.27. The molecule has 7 heteroatoms. The number of aliphatic carboxylic acids is 1. The van der Waals surface area contributed by atoms with Gasteiger partial charge in [-0.15, -0.1) is 0 Å². The molecule has 1 rings (SSSR count). The summed E-state index contributed by atoms with van der Waals surface area (Å²) in [6.45, 7) is 4.94. The van der Waals surface area contributed by atoms with Gasteiger partial charge in [-0.1, -0.05) is 76.9 Å². The lowest BCUT2D eigenvalue weighted by molar-refractivity contribution is -0.141. The molecule has 0 aromatic carbocycles. The summed E-state index contributed by atoms with van der Waals surface area (Å²) in [5.74, 6) is -1.33. The molecule has 0 saturated carbocycles. The molecule has 1 fully saturated rings. The lowest BCUT2D eigenvalue weighted by atomic mass is 10.1. The minimum atomic E-state index is -0.841. The lowest BCUT2D eigenvalue weighted by Gasteiger charge is -2.15. The molecule has 0 aromatic heterocycles. The Hall–Kier alpha value is -1.44. The molecule has 1 atom stereocenters. The number of carboxylic acids is 1. The summed E-state index contributed by atoms with van der Waals surface area (Å²) in [5, 5.41) is 17.1. The molecule has 1 saturated heterocycles. The number of unbranched alkanes of at least 4 members (excludes halogenated alkanes) is 12. The number of amides is 1. The van der Waals surface area contributed by atoms with Crippen molar-refractivity contribution in [1.82, 2.24) is 4.90 Å². The smallest absolute Gasteiger partial charge is 0.308 e. The summed E-state index contributed by atoms with van der Waals surface area (Å²) in [7, 11) is 0. The number of likely N-dealkylation sites (tertiary alicyclic amines) is 1. The van der Waals surface area contributed by atoms with Gasteiger partial charge in [-0.2, -0.15) is 0 Å². The fourth-order valence-electron chi connectivity index (χ4n) is 3.95. The topological polar surface area (TPSA) is 113 Å². The van der Waals surface area contributed by atoms with Crippen LogP contribution in [0.2, 0.25) is 0 Å². The predicted octanol–water partition coefficient (Wildman–Crippen LogP) is 4.91. The molecule has 200 valence electrons. The van der Waals surface area contributed by atoms with Gasteiger partial charge in [0.2, 0.25) is 5.91 Å². The maximum Gasteiger partial charge on any atom is 0.308 e. The van der Waals surface area contributed by atoms with E-state index in [1.54, 1.807) is 4.90 Å². The zero-order valence-electron chi connectivity index (χ0n) is 21.7. The van der Waals surface area contributed by atoms with Crippen LogP contribution in [0.5, 0.6) is 0 Å². The average Bonchev–Trinajstić information content (AvgIpc) is 3.20. The van der Waals surface area contributed by atoms with Crippen LogP contribution in [0.4, 0.5) is 0 Å². The molecule has 1 aliphatic heterocycles. The van der Waals surface area contributed by atoms with Crippen LogP contribution in [0.3, 0.4) is 0 Å². The Balaban J connectivity index is 0.00000135. The molecule has 4 N–H and O–H groups in total. The number of carbonyl (C=O) groups is 2. The Kier molecular flexibility index (Phi) is 23.6. The molecule has 34 heavy (non-hydrogen) atoms. The zero-order chi connectivity index (χ0) is 25.3. The SMILES string of the molecule is CCCCCCCCC=CCCCCCCCCN1CC(C(=O)O)CC1=O.NCCOCCO. The number of aliphatic hydroxyl groups excluding tert-OH is 1. The van der Waals surface area contributed by atoms with Gasteiger partial charge in [0.05, 0.1) is 25.7 Å². The van der Waals surface area contributed by atoms with E-state index in [-0.39, 0.29) is 18.9 Å². The molecule has 0 bridgehead atoms. The number of rotatable bonds is 21. The van der Waals surface area contributed by atoms with Crippen molar-refractivity contribution in [2.75, 3.05) is 39.5 Å². The van der Waals surface area contributed by atoms with Gasteiger partial charge in [0.25, 0.3) is 0 Å². The number of nitrogens with zero attached hydrogens (tertiary/aromatic N) is 1. The minimum absolute atomic E-state index is 0.00939. The highest BCUT2D eigenvalue weighted by Crippen LogP contribution is 2.19. The maximum atomic E-state index is 11.7. The van der Waals surface area contributed by atoms with Crippen LogP contribution in [-0.4, -0.2) is 66.4 Å². The second kappa shape index (κ2) is 24.7. The number of aliphatic hydroxyl groups is 1. The van der Waals surface area contributed by atoms with E-state index in [2.05, 4.69) is 19.1 Å². The molecule has 0 spiro atoms. The Labute approximate surface area is 208 Å². The number of nitrogens with two attached hydrogens (primary N) is 1. The van der Waals surface area contributed by atoms with Crippen molar-refractivity contribution < 1.29 is 24.5 Å². The maximum absolute atomic E-state index is 11.7. The van der Waals surface area contributed by atoms with Crippen molar-refractivity contribution in [3.63, 3.8) is 0 Å². The average molecular weight is 485 g/mol. The number of allylic oxidation sites excluding steroid dienone is 2. The molecule has 1 heterocycles. The molecular weight excluding hydrogens is 432 g/mol.